The van der Waals surface area contributed by atoms with E-state index in [9.17, 15) is 9.18 Å². The number of hydrogen-bond acceptors (Lipinski definition) is 6. The highest BCUT2D eigenvalue weighted by molar-refractivity contribution is 6.06. The molecule has 0 radical (unpaired) electrons. The number of nitrogens with one attached hydrogen (secondary N) is 1. The topological polar surface area (TPSA) is 76.6 Å². The number of benzene rings is 1. The van der Waals surface area contributed by atoms with Gasteiger partial charge in [0.2, 0.25) is 0 Å². The molecule has 2 rings (SSSR count). The quantitative estimate of drug-likeness (QED) is 0.850. The van der Waals surface area contributed by atoms with Gasteiger partial charge in [0.15, 0.2) is 5.75 Å². The van der Waals surface area contributed by atoms with Crippen molar-refractivity contribution in [1.29, 1.82) is 0 Å². The van der Waals surface area contributed by atoms with Crippen LogP contribution >= 0.6 is 0 Å². The van der Waals surface area contributed by atoms with Gasteiger partial charge in [-0.2, -0.15) is 4.39 Å². The van der Waals surface area contributed by atoms with Crippen LogP contribution in [0.4, 0.5) is 10.1 Å². The Morgan fingerprint density at radius 1 is 1.29 bits per heavy atom. The maximum absolute atomic E-state index is 13.7. The summed E-state index contributed by atoms with van der Waals surface area (Å²) in [5, 5.41) is 10.1. The minimum Gasteiger partial charge on any atom is -0.494 e. The maximum Gasteiger partial charge on any atom is 0.300 e. The van der Waals surface area contributed by atoms with E-state index in [-0.39, 0.29) is 5.75 Å². The summed E-state index contributed by atoms with van der Waals surface area (Å²) in [6.07, 6.45) is 0. The number of nitrogens with zero attached hydrogens (tertiary/aromatic N) is 3. The molecule has 0 spiro atoms. The molecule has 8 heteroatoms. The molecule has 0 fully saturated rings. The summed E-state index contributed by atoms with van der Waals surface area (Å²) in [4.78, 5) is 13.8. The largest absolute Gasteiger partial charge is 0.494 e. The fourth-order valence-corrected chi connectivity index (χ4v) is 1.98. The molecule has 1 amide bonds. The molecule has 0 saturated carbocycles. The zero-order valence-electron chi connectivity index (χ0n) is 13.8. The molecule has 24 heavy (non-hydrogen) atoms. The normalized spacial score (nSPS) is 10.2. The first-order valence-corrected chi connectivity index (χ1v) is 6.98. The van der Waals surface area contributed by atoms with Crippen LogP contribution in [0.2, 0.25) is 0 Å². The first kappa shape index (κ1) is 17.4. The second-order valence-electron chi connectivity index (χ2n) is 5.09. The Bertz CT molecular complexity index is 827. The van der Waals surface area contributed by atoms with Crippen LogP contribution < -0.4 is 14.8 Å². The van der Waals surface area contributed by atoms with Crippen LogP contribution in [0.25, 0.3) is 10.9 Å². The zero-order chi connectivity index (χ0) is 17.7. The average molecular weight is 332 g/mol. The average Bonchev–Trinajstić information content (AvgIpc) is 2.54. The third kappa shape index (κ3) is 3.88. The van der Waals surface area contributed by atoms with Crippen LogP contribution in [0.5, 0.6) is 11.5 Å². The van der Waals surface area contributed by atoms with Crippen molar-refractivity contribution in [3.63, 3.8) is 0 Å². The number of rotatable bonds is 4. The molecule has 1 heterocycles. The van der Waals surface area contributed by atoms with E-state index < -0.39 is 11.9 Å². The van der Waals surface area contributed by atoms with E-state index in [1.54, 1.807) is 0 Å². The molecule has 0 atom stereocenters. The summed E-state index contributed by atoms with van der Waals surface area (Å²) < 4.78 is 23.9. The maximum atomic E-state index is 13.7. The number of carbonyl (C=O) groups is 1. The molecular formula is C16H17FN4O3. The number of aromatic nitrogens is 2. The van der Waals surface area contributed by atoms with Crippen LogP contribution in [0.3, 0.4) is 0 Å². The predicted molar refractivity (Wildman–Crippen MR) is 87.6 cm³/mol. The van der Waals surface area contributed by atoms with E-state index in [1.165, 1.54) is 26.4 Å². The second kappa shape index (κ2) is 7.57. The number of fused-ring (bicyclic) bond motifs is 1. The van der Waals surface area contributed by atoms with Crippen LogP contribution in [0, 0.1) is 17.8 Å². The number of amides is 1. The molecule has 0 bridgehead atoms. The smallest absolute Gasteiger partial charge is 0.300 e. The highest BCUT2D eigenvalue weighted by Crippen LogP contribution is 2.34. The van der Waals surface area contributed by atoms with Gasteiger partial charge in [0.05, 0.1) is 31.8 Å². The van der Waals surface area contributed by atoms with Gasteiger partial charge in [-0.3, -0.25) is 9.69 Å². The van der Waals surface area contributed by atoms with Gasteiger partial charge in [0, 0.05) is 6.07 Å². The third-order valence-electron chi connectivity index (χ3n) is 3.04. The zero-order valence-corrected chi connectivity index (χ0v) is 13.8. The van der Waals surface area contributed by atoms with Crippen LogP contribution in [-0.4, -0.2) is 55.9 Å². The number of halogens is 1. The summed E-state index contributed by atoms with van der Waals surface area (Å²) >= 11 is 0. The third-order valence-corrected chi connectivity index (χ3v) is 3.04. The lowest BCUT2D eigenvalue weighted by molar-refractivity contribution is -0.111. The molecule has 0 saturated heterocycles. The van der Waals surface area contributed by atoms with E-state index in [1.807, 2.05) is 19.0 Å². The van der Waals surface area contributed by atoms with Crippen LogP contribution in [-0.2, 0) is 4.79 Å². The van der Waals surface area contributed by atoms with Crippen molar-refractivity contribution in [2.45, 2.75) is 0 Å². The summed E-state index contributed by atoms with van der Waals surface area (Å²) in [6, 6.07) is 3.05. The monoisotopic (exact) mass is 332 g/mol. The number of methoxy groups -OCH3 is 2. The summed E-state index contributed by atoms with van der Waals surface area (Å²) in [5.74, 6) is 4.16. The summed E-state index contributed by atoms with van der Waals surface area (Å²) in [7, 11) is 6.47. The van der Waals surface area contributed by atoms with Gasteiger partial charge in [-0.15, -0.1) is 10.2 Å². The van der Waals surface area contributed by atoms with Gasteiger partial charge in [-0.05, 0) is 26.1 Å². The Labute approximate surface area is 138 Å². The van der Waals surface area contributed by atoms with E-state index >= 15 is 0 Å². The Kier molecular flexibility index (Phi) is 5.50. The lowest BCUT2D eigenvalue weighted by Gasteiger charge is -2.11. The molecule has 0 aliphatic heterocycles. The Morgan fingerprint density at radius 3 is 2.67 bits per heavy atom. The number of ether oxygens (including phenoxy) is 2. The van der Waals surface area contributed by atoms with Crippen molar-refractivity contribution in [3.8, 4) is 23.3 Å². The van der Waals surface area contributed by atoms with E-state index in [2.05, 4.69) is 27.4 Å². The molecule has 0 aliphatic rings. The molecule has 1 N–H and O–H groups in total. The highest BCUT2D eigenvalue weighted by Gasteiger charge is 2.15. The van der Waals surface area contributed by atoms with Crippen molar-refractivity contribution < 1.29 is 18.7 Å². The van der Waals surface area contributed by atoms with Gasteiger partial charge in [-0.1, -0.05) is 5.92 Å². The molecular weight excluding hydrogens is 315 g/mol. The first-order chi connectivity index (χ1) is 11.5. The lowest BCUT2D eigenvalue weighted by Crippen LogP contribution is -2.13. The fourth-order valence-electron chi connectivity index (χ4n) is 1.98. The number of carbonyl (C=O) groups excluding carboxylic acids is 1. The molecule has 0 aliphatic carbocycles. The van der Waals surface area contributed by atoms with Crippen molar-refractivity contribution >= 4 is 22.5 Å². The van der Waals surface area contributed by atoms with E-state index in [0.717, 1.165) is 0 Å². The van der Waals surface area contributed by atoms with E-state index in [4.69, 9.17) is 9.47 Å². The Balaban J connectivity index is 2.41. The van der Waals surface area contributed by atoms with Crippen molar-refractivity contribution in [2.24, 2.45) is 0 Å². The van der Waals surface area contributed by atoms with Gasteiger partial charge in [0.25, 0.3) is 11.9 Å². The first-order valence-electron chi connectivity index (χ1n) is 6.98. The number of anilines is 1. The molecule has 0 unspecified atom stereocenters. The van der Waals surface area contributed by atoms with Gasteiger partial charge >= 0.3 is 0 Å². The van der Waals surface area contributed by atoms with E-state index in [0.29, 0.717) is 28.9 Å². The molecule has 1 aromatic heterocycles. The number of hydrogen-bond donors (Lipinski definition) is 1. The molecule has 1 aromatic carbocycles. The highest BCUT2D eigenvalue weighted by atomic mass is 19.1. The van der Waals surface area contributed by atoms with Crippen LogP contribution in [0.1, 0.15) is 0 Å². The minimum atomic E-state index is -0.835. The summed E-state index contributed by atoms with van der Waals surface area (Å²) in [6.45, 7) is 0.455. The van der Waals surface area contributed by atoms with Crippen molar-refractivity contribution in [3.05, 3.63) is 18.1 Å². The minimum absolute atomic E-state index is 0.0585. The Hall–Kier alpha value is -2.92. The fraction of sp³-hybridized carbons (Fsp3) is 0.312. The molecule has 7 nitrogen and oxygen atoms in total. The van der Waals surface area contributed by atoms with Gasteiger partial charge in [0.1, 0.15) is 11.3 Å². The lowest BCUT2D eigenvalue weighted by atomic mass is 10.1. The predicted octanol–water partition coefficient (Wildman–Crippen LogP) is 1.29. The Morgan fingerprint density at radius 2 is 2.04 bits per heavy atom. The van der Waals surface area contributed by atoms with Crippen molar-refractivity contribution in [2.75, 3.05) is 40.2 Å². The standard InChI is InChI=1S/C16H17FN4O3/c1-21(2)7-5-6-14(22)18-12-8-10-11(9-13(12)23-3)19-20-16(17)15(10)24-4/h8-9H,7H2,1-4H3,(H,18,22). The summed E-state index contributed by atoms with van der Waals surface area (Å²) in [5.41, 5.74) is 0.710. The van der Waals surface area contributed by atoms with Crippen molar-refractivity contribution in [1.82, 2.24) is 15.1 Å². The van der Waals surface area contributed by atoms with Gasteiger partial charge < -0.3 is 14.8 Å². The van der Waals surface area contributed by atoms with Crippen LogP contribution in [0.15, 0.2) is 12.1 Å². The SMILES string of the molecule is COc1cc2nnc(F)c(OC)c2cc1NC(=O)C#CCN(C)C. The molecule has 126 valence electrons. The van der Waals surface area contributed by atoms with Gasteiger partial charge in [-0.25, -0.2) is 0 Å². The molecule has 2 aromatic rings. The second-order valence-corrected chi connectivity index (χ2v) is 5.09.